The van der Waals surface area contributed by atoms with E-state index < -0.39 is 11.7 Å². The van der Waals surface area contributed by atoms with Gasteiger partial charge in [-0.15, -0.1) is 0 Å². The Hall–Kier alpha value is -3.63. The predicted molar refractivity (Wildman–Crippen MR) is 96.4 cm³/mol. The fourth-order valence-electron chi connectivity index (χ4n) is 2.64. The van der Waals surface area contributed by atoms with Crippen LogP contribution in [0.4, 0.5) is 24.9 Å². The summed E-state index contributed by atoms with van der Waals surface area (Å²) in [6, 6.07) is 5.10. The molecule has 0 bridgehead atoms. The average molecular weight is 388 g/mol. The fourth-order valence-corrected chi connectivity index (χ4v) is 2.64. The predicted octanol–water partition coefficient (Wildman–Crippen LogP) is 3.32. The normalized spacial score (nSPS) is 11.7. The highest BCUT2D eigenvalue weighted by Crippen LogP contribution is 2.29. The third kappa shape index (κ3) is 3.87. The van der Waals surface area contributed by atoms with Gasteiger partial charge in [-0.1, -0.05) is 12.1 Å². The Morgan fingerprint density at radius 3 is 2.68 bits per heavy atom. The summed E-state index contributed by atoms with van der Waals surface area (Å²) in [4.78, 5) is 22.9. The molecule has 0 saturated heterocycles. The highest BCUT2D eigenvalue weighted by Gasteiger charge is 2.30. The Morgan fingerprint density at radius 1 is 1.00 bits per heavy atom. The molecule has 0 aliphatic heterocycles. The van der Waals surface area contributed by atoms with E-state index in [4.69, 9.17) is 0 Å². The van der Waals surface area contributed by atoms with Gasteiger partial charge >= 0.3 is 6.18 Å². The zero-order valence-electron chi connectivity index (χ0n) is 14.4. The van der Waals surface area contributed by atoms with Gasteiger partial charge < -0.3 is 20.6 Å². The molecule has 0 fully saturated rings. The van der Waals surface area contributed by atoms with Crippen molar-refractivity contribution in [2.24, 2.45) is 0 Å². The van der Waals surface area contributed by atoms with Gasteiger partial charge in [-0.25, -0.2) is 9.97 Å². The maximum absolute atomic E-state index is 12.9. The number of alkyl halides is 3. The lowest BCUT2D eigenvalue weighted by atomic mass is 10.1. The van der Waals surface area contributed by atoms with E-state index in [9.17, 15) is 13.2 Å². The van der Waals surface area contributed by atoms with Crippen molar-refractivity contribution >= 4 is 22.9 Å². The number of rotatable bonds is 6. The number of nitrogens with zero attached hydrogens (tertiary/aromatic N) is 4. The third-order valence-electron chi connectivity index (χ3n) is 3.97. The van der Waals surface area contributed by atoms with Gasteiger partial charge in [-0.2, -0.15) is 23.1 Å². The number of anilines is 2. The second-order valence-corrected chi connectivity index (χ2v) is 5.94. The molecule has 1 aromatic carbocycles. The standard InChI is InChI=1S/C17H15F3N8/c18-17(19,20)11-3-1-2-10(6-11)7-24-16-27-14(13-15(28-16)26-9-25-13)23-8-12-21-4-5-22-12/h1-6,9H,7-8H2,(H,21,22)(H3,23,24,25,26,27,28). The first-order chi connectivity index (χ1) is 13.5. The number of benzene rings is 1. The summed E-state index contributed by atoms with van der Waals surface area (Å²) in [7, 11) is 0. The zero-order chi connectivity index (χ0) is 19.6. The van der Waals surface area contributed by atoms with Gasteiger partial charge in [0.25, 0.3) is 0 Å². The van der Waals surface area contributed by atoms with Crippen LogP contribution in [-0.2, 0) is 19.3 Å². The average Bonchev–Trinajstić information content (AvgIpc) is 3.35. The molecule has 0 aliphatic rings. The zero-order valence-corrected chi connectivity index (χ0v) is 14.4. The minimum Gasteiger partial charge on any atom is -0.361 e. The molecule has 144 valence electrons. The maximum atomic E-state index is 12.9. The first-order valence-electron chi connectivity index (χ1n) is 8.32. The van der Waals surface area contributed by atoms with E-state index in [2.05, 4.69) is 40.5 Å². The molecule has 0 radical (unpaired) electrons. The number of fused-ring (bicyclic) bond motifs is 1. The Bertz CT molecular complexity index is 1070. The van der Waals surface area contributed by atoms with Crippen LogP contribution in [0, 0.1) is 0 Å². The molecule has 28 heavy (non-hydrogen) atoms. The first kappa shape index (κ1) is 17.8. The number of aromatic nitrogens is 6. The van der Waals surface area contributed by atoms with Crippen molar-refractivity contribution < 1.29 is 13.2 Å². The van der Waals surface area contributed by atoms with E-state index in [-0.39, 0.29) is 12.5 Å². The molecule has 11 heteroatoms. The SMILES string of the molecule is FC(F)(F)c1cccc(CNc2nc(NCc3ncc[nH]3)c3[nH]cnc3n2)c1. The number of halogens is 3. The number of H-pyrrole nitrogens is 2. The van der Waals surface area contributed by atoms with Crippen LogP contribution in [-0.4, -0.2) is 29.9 Å². The van der Waals surface area contributed by atoms with Crippen LogP contribution in [0.1, 0.15) is 17.0 Å². The molecule has 0 unspecified atom stereocenters. The first-order valence-corrected chi connectivity index (χ1v) is 8.32. The molecule has 4 N–H and O–H groups in total. The molecule has 4 aromatic rings. The summed E-state index contributed by atoms with van der Waals surface area (Å²) in [6.07, 6.45) is 0.465. The molecule has 0 spiro atoms. The lowest BCUT2D eigenvalue weighted by Crippen LogP contribution is -2.10. The van der Waals surface area contributed by atoms with Crippen LogP contribution in [0.3, 0.4) is 0 Å². The van der Waals surface area contributed by atoms with Gasteiger partial charge in [0.15, 0.2) is 11.5 Å². The molecule has 8 nitrogen and oxygen atoms in total. The Balaban J connectivity index is 1.52. The van der Waals surface area contributed by atoms with Crippen molar-refractivity contribution in [3.63, 3.8) is 0 Å². The van der Waals surface area contributed by atoms with Gasteiger partial charge in [-0.3, -0.25) is 0 Å². The second-order valence-electron chi connectivity index (χ2n) is 5.94. The number of hydrogen-bond donors (Lipinski definition) is 4. The van der Waals surface area contributed by atoms with Crippen LogP contribution < -0.4 is 10.6 Å². The van der Waals surface area contributed by atoms with Gasteiger partial charge in [0.1, 0.15) is 11.3 Å². The van der Waals surface area contributed by atoms with Crippen molar-refractivity contribution in [1.29, 1.82) is 0 Å². The summed E-state index contributed by atoms with van der Waals surface area (Å²) in [5.74, 6) is 1.48. The Kier molecular flexibility index (Phi) is 4.55. The fraction of sp³-hybridized carbons (Fsp3) is 0.176. The Morgan fingerprint density at radius 2 is 1.89 bits per heavy atom. The van der Waals surface area contributed by atoms with Crippen molar-refractivity contribution in [3.8, 4) is 0 Å². The smallest absolute Gasteiger partial charge is 0.361 e. The van der Waals surface area contributed by atoms with E-state index in [0.29, 0.717) is 29.1 Å². The van der Waals surface area contributed by atoms with E-state index >= 15 is 0 Å². The van der Waals surface area contributed by atoms with E-state index in [1.54, 1.807) is 18.5 Å². The summed E-state index contributed by atoms with van der Waals surface area (Å²) in [5, 5.41) is 6.09. The monoisotopic (exact) mass is 388 g/mol. The third-order valence-corrected chi connectivity index (χ3v) is 3.97. The van der Waals surface area contributed by atoms with Crippen LogP contribution in [0.25, 0.3) is 11.2 Å². The minimum atomic E-state index is -4.39. The van der Waals surface area contributed by atoms with Crippen LogP contribution in [0.2, 0.25) is 0 Å². The van der Waals surface area contributed by atoms with Gasteiger partial charge in [0.05, 0.1) is 18.4 Å². The lowest BCUT2D eigenvalue weighted by molar-refractivity contribution is -0.137. The van der Waals surface area contributed by atoms with Crippen LogP contribution >= 0.6 is 0 Å². The minimum absolute atomic E-state index is 0.136. The Labute approximate surface area is 156 Å². The lowest BCUT2D eigenvalue weighted by Gasteiger charge is -2.11. The van der Waals surface area contributed by atoms with Gasteiger partial charge in [0, 0.05) is 18.9 Å². The molecule has 0 saturated carbocycles. The molecular weight excluding hydrogens is 373 g/mol. The van der Waals surface area contributed by atoms with Gasteiger partial charge in [-0.05, 0) is 17.7 Å². The molecule has 3 heterocycles. The molecule has 3 aromatic heterocycles. The van der Waals surface area contributed by atoms with Crippen molar-refractivity contribution in [3.05, 3.63) is 59.9 Å². The quantitative estimate of drug-likeness (QED) is 0.404. The molecule has 4 rings (SSSR count). The van der Waals surface area contributed by atoms with E-state index in [1.165, 1.54) is 12.4 Å². The summed E-state index contributed by atoms with van der Waals surface area (Å²) in [6.45, 7) is 0.544. The largest absolute Gasteiger partial charge is 0.416 e. The maximum Gasteiger partial charge on any atom is 0.416 e. The summed E-state index contributed by atoms with van der Waals surface area (Å²) in [5.41, 5.74) is 0.821. The highest BCUT2D eigenvalue weighted by atomic mass is 19.4. The number of imidazole rings is 2. The topological polar surface area (TPSA) is 107 Å². The van der Waals surface area contributed by atoms with Crippen molar-refractivity contribution in [2.75, 3.05) is 10.6 Å². The van der Waals surface area contributed by atoms with Crippen LogP contribution in [0.5, 0.6) is 0 Å². The van der Waals surface area contributed by atoms with Gasteiger partial charge in [0.2, 0.25) is 5.95 Å². The molecule has 0 atom stereocenters. The van der Waals surface area contributed by atoms with E-state index in [0.717, 1.165) is 18.0 Å². The molecule has 0 amide bonds. The molecule has 0 aliphatic carbocycles. The van der Waals surface area contributed by atoms with Crippen molar-refractivity contribution in [1.82, 2.24) is 29.9 Å². The second kappa shape index (κ2) is 7.18. The van der Waals surface area contributed by atoms with Crippen molar-refractivity contribution in [2.45, 2.75) is 19.3 Å². The number of hydrogen-bond acceptors (Lipinski definition) is 6. The van der Waals surface area contributed by atoms with Crippen LogP contribution in [0.15, 0.2) is 43.0 Å². The summed E-state index contributed by atoms with van der Waals surface area (Å²) < 4.78 is 38.6. The van der Waals surface area contributed by atoms with E-state index in [1.807, 2.05) is 0 Å². The summed E-state index contributed by atoms with van der Waals surface area (Å²) >= 11 is 0. The molecular formula is C17H15F3N8. The number of aromatic amines is 2. The number of nitrogens with one attached hydrogen (secondary N) is 4. The highest BCUT2D eigenvalue weighted by molar-refractivity contribution is 5.83.